The molecule has 0 spiro atoms. The largest absolute Gasteiger partial charge is 0.481 e. The summed E-state index contributed by atoms with van der Waals surface area (Å²) in [6.07, 6.45) is 0.689. The number of hydrogen-bond donors (Lipinski definition) is 1. The maximum absolute atomic E-state index is 13.9. The number of carboxylic acids is 1. The van der Waals surface area contributed by atoms with Gasteiger partial charge < -0.3 is 9.67 Å². The van der Waals surface area contributed by atoms with Crippen molar-refractivity contribution in [1.82, 2.24) is 19.5 Å². The molecule has 5 rings (SSSR count). The molecule has 1 N–H and O–H groups in total. The zero-order valence-corrected chi connectivity index (χ0v) is 19.8. The van der Waals surface area contributed by atoms with Crippen molar-refractivity contribution in [2.45, 2.75) is 49.3 Å². The predicted molar refractivity (Wildman–Crippen MR) is 126 cm³/mol. The first-order valence-electron chi connectivity index (χ1n) is 11.1. The third kappa shape index (κ3) is 4.92. The lowest BCUT2D eigenvalue weighted by Crippen LogP contribution is -2.08. The minimum Gasteiger partial charge on any atom is -0.481 e. The van der Waals surface area contributed by atoms with E-state index < -0.39 is 30.1 Å². The third-order valence-corrected chi connectivity index (χ3v) is 6.91. The van der Waals surface area contributed by atoms with Crippen molar-refractivity contribution in [3.63, 3.8) is 0 Å². The van der Waals surface area contributed by atoms with Crippen molar-refractivity contribution in [1.29, 1.82) is 0 Å². The summed E-state index contributed by atoms with van der Waals surface area (Å²) in [7, 11) is 0. The normalized spacial score (nSPS) is 13.9. The van der Waals surface area contributed by atoms with Crippen LogP contribution in [0.4, 0.5) is 17.6 Å². The highest BCUT2D eigenvalue weighted by molar-refractivity contribution is 7.98. The van der Waals surface area contributed by atoms with Crippen molar-refractivity contribution in [3.05, 3.63) is 71.1 Å². The van der Waals surface area contributed by atoms with Crippen molar-refractivity contribution in [2.75, 3.05) is 0 Å². The van der Waals surface area contributed by atoms with Crippen molar-refractivity contribution in [3.8, 4) is 11.1 Å². The van der Waals surface area contributed by atoms with E-state index in [0.29, 0.717) is 33.6 Å². The molecule has 1 fully saturated rings. The number of pyridine rings is 1. The van der Waals surface area contributed by atoms with Gasteiger partial charge in [0.15, 0.2) is 5.16 Å². The van der Waals surface area contributed by atoms with Crippen LogP contribution in [0.1, 0.15) is 41.4 Å². The van der Waals surface area contributed by atoms with Gasteiger partial charge in [0.05, 0.1) is 18.1 Å². The van der Waals surface area contributed by atoms with Crippen LogP contribution in [0.2, 0.25) is 0 Å². The summed E-state index contributed by atoms with van der Waals surface area (Å²) >= 11 is 1.30. The molecule has 4 aromatic rings. The first kappa shape index (κ1) is 24.2. The van der Waals surface area contributed by atoms with Crippen molar-refractivity contribution >= 4 is 28.8 Å². The summed E-state index contributed by atoms with van der Waals surface area (Å²) in [6, 6.07) is 7.04. The van der Waals surface area contributed by atoms with Crippen LogP contribution in [-0.2, 0) is 23.1 Å². The SMILES string of the molecule is Cc1nc(C(F)(F)F)ccc1-c1cn(C2CC2)c2cnc(SCc3ccc(F)c(CC(=O)O)c3)nc12. The van der Waals surface area contributed by atoms with Crippen LogP contribution in [-0.4, -0.2) is 30.6 Å². The molecule has 3 heterocycles. The summed E-state index contributed by atoms with van der Waals surface area (Å²) in [5.41, 5.74) is 2.80. The molecule has 1 aliphatic rings. The van der Waals surface area contributed by atoms with E-state index in [1.54, 1.807) is 19.2 Å². The van der Waals surface area contributed by atoms with E-state index in [1.165, 1.54) is 30.0 Å². The lowest BCUT2D eigenvalue weighted by Gasteiger charge is -2.09. The highest BCUT2D eigenvalue weighted by Gasteiger charge is 2.33. The Bertz CT molecular complexity index is 1480. The number of hydrogen-bond acceptors (Lipinski definition) is 5. The molecule has 0 radical (unpaired) electrons. The quantitative estimate of drug-likeness (QED) is 0.179. The number of carboxylic acid groups (broad SMARTS) is 1. The Kier molecular flexibility index (Phi) is 6.19. The number of rotatable bonds is 7. The van der Waals surface area contributed by atoms with E-state index in [0.717, 1.165) is 30.0 Å². The minimum absolute atomic E-state index is 0.103. The number of benzene rings is 1. The predicted octanol–water partition coefficient (Wildman–Crippen LogP) is 6.21. The molecule has 186 valence electrons. The van der Waals surface area contributed by atoms with E-state index in [9.17, 15) is 22.4 Å². The van der Waals surface area contributed by atoms with Crippen LogP contribution < -0.4 is 0 Å². The molecule has 6 nitrogen and oxygen atoms in total. The Hall–Kier alpha value is -3.47. The van der Waals surface area contributed by atoms with Gasteiger partial charge in [0.2, 0.25) is 0 Å². The molecule has 36 heavy (non-hydrogen) atoms. The van der Waals surface area contributed by atoms with Gasteiger partial charge in [-0.15, -0.1) is 0 Å². The van der Waals surface area contributed by atoms with Gasteiger partial charge in [-0.2, -0.15) is 13.2 Å². The van der Waals surface area contributed by atoms with Gasteiger partial charge >= 0.3 is 12.1 Å². The van der Waals surface area contributed by atoms with Crippen LogP contribution >= 0.6 is 11.8 Å². The first-order chi connectivity index (χ1) is 17.1. The first-order valence-corrected chi connectivity index (χ1v) is 12.1. The Labute approximate surface area is 207 Å². The van der Waals surface area contributed by atoms with E-state index in [1.807, 2.05) is 6.20 Å². The summed E-state index contributed by atoms with van der Waals surface area (Å²) in [6.45, 7) is 1.55. The number of aliphatic carboxylic acids is 1. The molecule has 0 atom stereocenters. The van der Waals surface area contributed by atoms with Gasteiger partial charge in [-0.3, -0.25) is 4.79 Å². The molecule has 11 heteroatoms. The second kappa shape index (κ2) is 9.20. The second-order valence-electron chi connectivity index (χ2n) is 8.68. The average Bonchev–Trinajstić information content (AvgIpc) is 3.59. The molecule has 0 bridgehead atoms. The Balaban J connectivity index is 1.48. The smallest absolute Gasteiger partial charge is 0.433 e. The number of halogens is 4. The van der Waals surface area contributed by atoms with Gasteiger partial charge in [-0.25, -0.2) is 19.3 Å². The zero-order valence-electron chi connectivity index (χ0n) is 19.0. The molecular formula is C25H20F4N4O2S. The van der Waals surface area contributed by atoms with E-state index >= 15 is 0 Å². The topological polar surface area (TPSA) is 80.9 Å². The zero-order chi connectivity index (χ0) is 25.6. The Morgan fingerprint density at radius 2 is 1.94 bits per heavy atom. The fourth-order valence-corrected chi connectivity index (χ4v) is 4.86. The standard InChI is InChI=1S/C25H20F4N4O2S/c1-13-17(5-7-21(31-13)25(27,28)29)18-11-33(16-3-4-16)20-10-30-24(32-23(18)20)36-12-14-2-6-19(26)15(8-14)9-22(34)35/h2,5-8,10-11,16H,3-4,9,12H2,1H3,(H,34,35). The highest BCUT2D eigenvalue weighted by Crippen LogP contribution is 2.42. The van der Waals surface area contributed by atoms with Crippen LogP contribution in [0.25, 0.3) is 22.2 Å². The number of carbonyl (C=O) groups is 1. The number of alkyl halides is 3. The van der Waals surface area contributed by atoms with Gasteiger partial charge in [-0.1, -0.05) is 30.0 Å². The van der Waals surface area contributed by atoms with Gasteiger partial charge in [-0.05, 0) is 43.0 Å². The number of fused-ring (bicyclic) bond motifs is 1. The number of aromatic nitrogens is 4. The number of aryl methyl sites for hydroxylation is 1. The number of thioether (sulfide) groups is 1. The molecule has 0 unspecified atom stereocenters. The summed E-state index contributed by atoms with van der Waals surface area (Å²) in [5, 5.41) is 9.42. The van der Waals surface area contributed by atoms with Gasteiger partial charge in [0.25, 0.3) is 0 Å². The van der Waals surface area contributed by atoms with E-state index in [-0.39, 0.29) is 11.3 Å². The minimum atomic E-state index is -4.53. The molecule has 0 saturated heterocycles. The van der Waals surface area contributed by atoms with Crippen LogP contribution in [0.5, 0.6) is 0 Å². The monoisotopic (exact) mass is 516 g/mol. The Morgan fingerprint density at radius 1 is 1.17 bits per heavy atom. The Morgan fingerprint density at radius 3 is 2.61 bits per heavy atom. The molecule has 3 aromatic heterocycles. The molecule has 1 aliphatic carbocycles. The van der Waals surface area contributed by atoms with Crippen LogP contribution in [0, 0.1) is 12.7 Å². The molecule has 1 aromatic carbocycles. The summed E-state index contributed by atoms with van der Waals surface area (Å²) in [5.74, 6) is -1.30. The summed E-state index contributed by atoms with van der Waals surface area (Å²) < 4.78 is 55.3. The van der Waals surface area contributed by atoms with Crippen molar-refractivity contribution < 1.29 is 27.5 Å². The maximum atomic E-state index is 13.9. The molecule has 0 aliphatic heterocycles. The molecular weight excluding hydrogens is 496 g/mol. The fraction of sp³-hybridized carbons (Fsp3) is 0.280. The third-order valence-electron chi connectivity index (χ3n) is 5.98. The van der Waals surface area contributed by atoms with Gasteiger partial charge in [0, 0.05) is 34.8 Å². The maximum Gasteiger partial charge on any atom is 0.433 e. The molecule has 1 saturated carbocycles. The fourth-order valence-electron chi connectivity index (χ4n) is 4.11. The lowest BCUT2D eigenvalue weighted by atomic mass is 10.1. The van der Waals surface area contributed by atoms with Gasteiger partial charge in [0.1, 0.15) is 17.0 Å². The van der Waals surface area contributed by atoms with E-state index in [2.05, 4.69) is 14.5 Å². The highest BCUT2D eigenvalue weighted by atomic mass is 32.2. The lowest BCUT2D eigenvalue weighted by molar-refractivity contribution is -0.141. The average molecular weight is 517 g/mol. The van der Waals surface area contributed by atoms with Crippen molar-refractivity contribution in [2.24, 2.45) is 0 Å². The second-order valence-corrected chi connectivity index (χ2v) is 9.62. The molecule has 0 amide bonds. The van der Waals surface area contributed by atoms with Crippen LogP contribution in [0.15, 0.2) is 47.9 Å². The van der Waals surface area contributed by atoms with Crippen LogP contribution in [0.3, 0.4) is 0 Å². The summed E-state index contributed by atoms with van der Waals surface area (Å²) in [4.78, 5) is 23.9. The van der Waals surface area contributed by atoms with E-state index in [4.69, 9.17) is 10.1 Å². The number of nitrogens with zero attached hydrogens (tertiary/aromatic N) is 4.